The number of phosphoric ester groups is 2. The molecule has 3 fully saturated rings. The van der Waals surface area contributed by atoms with E-state index in [9.17, 15) is 9.13 Å². The Kier molecular flexibility index (Phi) is 14.0. The van der Waals surface area contributed by atoms with Crippen LogP contribution in [0.1, 0.15) is 80.1 Å². The van der Waals surface area contributed by atoms with E-state index in [2.05, 4.69) is 0 Å². The van der Waals surface area contributed by atoms with Gasteiger partial charge in [-0.25, -0.2) is 9.13 Å². The van der Waals surface area contributed by atoms with Gasteiger partial charge in [0.25, 0.3) is 0 Å². The minimum atomic E-state index is -4.00. The van der Waals surface area contributed by atoms with E-state index in [0.717, 1.165) is 0 Å². The molecule has 3 aliphatic heterocycles. The van der Waals surface area contributed by atoms with Crippen molar-refractivity contribution >= 4 is 15.6 Å². The average Bonchev–Trinajstić information content (AvgIpc) is 3.58. The van der Waals surface area contributed by atoms with Crippen LogP contribution in [0.25, 0.3) is 0 Å². The SMILES string of the molecule is CCCOP(=O)(OCC1OC(C)CC1OP(=O)(OCCC)OCC1OC(C)CC1OC)OC1CC(C)OC1CC. The summed E-state index contributed by atoms with van der Waals surface area (Å²) in [5.74, 6) is 0. The highest BCUT2D eigenvalue weighted by Gasteiger charge is 2.45. The predicted octanol–water partition coefficient (Wildman–Crippen LogP) is 5.82. The van der Waals surface area contributed by atoms with E-state index in [1.54, 1.807) is 7.11 Å². The van der Waals surface area contributed by atoms with Gasteiger partial charge >= 0.3 is 15.6 Å². The Morgan fingerprint density at radius 1 is 0.625 bits per heavy atom. The van der Waals surface area contributed by atoms with Gasteiger partial charge in [0.05, 0.1) is 63.1 Å². The molecule has 0 bridgehead atoms. The van der Waals surface area contributed by atoms with E-state index in [0.29, 0.717) is 38.5 Å². The predicted molar refractivity (Wildman–Crippen MR) is 147 cm³/mol. The van der Waals surface area contributed by atoms with Crippen LogP contribution in [0.4, 0.5) is 0 Å². The van der Waals surface area contributed by atoms with Crippen LogP contribution < -0.4 is 0 Å². The fourth-order valence-electron chi connectivity index (χ4n) is 5.15. The molecular formula is C26H50O12P2. The second-order valence-electron chi connectivity index (χ2n) is 10.8. The summed E-state index contributed by atoms with van der Waals surface area (Å²) in [5.41, 5.74) is 0. The molecule has 0 aromatic carbocycles. The first-order valence-corrected chi connectivity index (χ1v) is 17.6. The maximum atomic E-state index is 13.7. The lowest BCUT2D eigenvalue weighted by Gasteiger charge is -2.27. The zero-order valence-electron chi connectivity index (χ0n) is 25.1. The van der Waals surface area contributed by atoms with Crippen molar-refractivity contribution < 1.29 is 55.2 Å². The molecule has 0 aromatic rings. The van der Waals surface area contributed by atoms with Gasteiger partial charge in [0.2, 0.25) is 0 Å². The van der Waals surface area contributed by atoms with Crippen LogP contribution in [0.5, 0.6) is 0 Å². The van der Waals surface area contributed by atoms with E-state index < -0.39 is 40.1 Å². The van der Waals surface area contributed by atoms with E-state index >= 15 is 0 Å². The summed E-state index contributed by atoms with van der Waals surface area (Å²) >= 11 is 0. The molecule has 0 radical (unpaired) electrons. The summed E-state index contributed by atoms with van der Waals surface area (Å²) in [6, 6.07) is 0. The van der Waals surface area contributed by atoms with Crippen LogP contribution in [0, 0.1) is 0 Å². The average molecular weight is 617 g/mol. The molecule has 236 valence electrons. The van der Waals surface area contributed by atoms with E-state index in [-0.39, 0.29) is 56.9 Å². The molecule has 40 heavy (non-hydrogen) atoms. The maximum Gasteiger partial charge on any atom is 0.475 e. The Balaban J connectivity index is 1.65. The van der Waals surface area contributed by atoms with Crippen molar-refractivity contribution in [2.24, 2.45) is 0 Å². The molecule has 0 amide bonds. The molecule has 0 N–H and O–H groups in total. The first-order chi connectivity index (χ1) is 19.0. The summed E-state index contributed by atoms with van der Waals surface area (Å²) in [4.78, 5) is 0. The molecule has 0 saturated carbocycles. The highest BCUT2D eigenvalue weighted by molar-refractivity contribution is 7.48. The highest BCUT2D eigenvalue weighted by Crippen LogP contribution is 2.55. The monoisotopic (exact) mass is 616 g/mol. The number of phosphoric acid groups is 2. The second-order valence-corrected chi connectivity index (χ2v) is 14.0. The van der Waals surface area contributed by atoms with Crippen LogP contribution >= 0.6 is 15.6 Å². The van der Waals surface area contributed by atoms with Gasteiger partial charge in [0, 0.05) is 26.4 Å². The zero-order valence-corrected chi connectivity index (χ0v) is 26.8. The zero-order chi connectivity index (χ0) is 29.3. The Labute approximate surface area is 239 Å². The smallest absolute Gasteiger partial charge is 0.379 e. The van der Waals surface area contributed by atoms with Crippen molar-refractivity contribution in [3.63, 3.8) is 0 Å². The van der Waals surface area contributed by atoms with E-state index in [4.69, 9.17) is 46.1 Å². The van der Waals surface area contributed by atoms with Crippen molar-refractivity contribution in [1.82, 2.24) is 0 Å². The fraction of sp³-hybridized carbons (Fsp3) is 1.00. The minimum Gasteiger partial charge on any atom is -0.379 e. The molecule has 14 heteroatoms. The molecule has 3 rings (SSSR count). The van der Waals surface area contributed by atoms with Crippen LogP contribution in [-0.4, -0.2) is 88.5 Å². The van der Waals surface area contributed by atoms with Crippen LogP contribution in [-0.2, 0) is 55.2 Å². The third-order valence-corrected chi connectivity index (χ3v) is 10.1. The first-order valence-electron chi connectivity index (χ1n) is 14.7. The van der Waals surface area contributed by atoms with Crippen molar-refractivity contribution in [1.29, 1.82) is 0 Å². The van der Waals surface area contributed by atoms with E-state index in [1.165, 1.54) is 0 Å². The lowest BCUT2D eigenvalue weighted by Crippen LogP contribution is -2.31. The molecule has 11 unspecified atom stereocenters. The second kappa shape index (κ2) is 16.2. The van der Waals surface area contributed by atoms with Crippen LogP contribution in [0.15, 0.2) is 0 Å². The summed E-state index contributed by atoms with van der Waals surface area (Å²) in [5, 5.41) is 0. The lowest BCUT2D eigenvalue weighted by atomic mass is 10.1. The molecule has 12 nitrogen and oxygen atoms in total. The topological polar surface area (TPSA) is 126 Å². The van der Waals surface area contributed by atoms with Gasteiger partial charge in [-0.2, -0.15) is 0 Å². The highest BCUT2D eigenvalue weighted by atomic mass is 31.2. The Morgan fingerprint density at radius 3 is 1.45 bits per heavy atom. The maximum absolute atomic E-state index is 13.7. The first kappa shape index (κ1) is 34.5. The summed E-state index contributed by atoms with van der Waals surface area (Å²) in [6.07, 6.45) is 0.882. The van der Waals surface area contributed by atoms with Crippen LogP contribution in [0.3, 0.4) is 0 Å². The Morgan fingerprint density at radius 2 is 1.02 bits per heavy atom. The molecule has 11 atom stereocenters. The fourth-order valence-corrected chi connectivity index (χ4v) is 8.12. The molecule has 0 spiro atoms. The van der Waals surface area contributed by atoms with E-state index in [1.807, 2.05) is 41.5 Å². The number of rotatable bonds is 18. The molecule has 3 heterocycles. The van der Waals surface area contributed by atoms with Crippen molar-refractivity contribution in [2.75, 3.05) is 33.5 Å². The third-order valence-electron chi connectivity index (χ3n) is 7.09. The van der Waals surface area contributed by atoms with Crippen molar-refractivity contribution in [3.8, 4) is 0 Å². The van der Waals surface area contributed by atoms with Gasteiger partial charge in [-0.1, -0.05) is 20.8 Å². The normalized spacial score (nSPS) is 37.5. The van der Waals surface area contributed by atoms with Gasteiger partial charge < -0.3 is 18.9 Å². The van der Waals surface area contributed by atoms with Gasteiger partial charge in [-0.05, 0) is 40.0 Å². The Bertz CT molecular complexity index is 847. The summed E-state index contributed by atoms with van der Waals surface area (Å²) in [7, 11) is -6.34. The molecule has 3 aliphatic rings. The lowest BCUT2D eigenvalue weighted by molar-refractivity contribution is -0.0477. The molecular weight excluding hydrogens is 566 g/mol. The molecule has 0 aromatic heterocycles. The number of ether oxygens (including phenoxy) is 4. The summed E-state index contributed by atoms with van der Waals surface area (Å²) in [6.45, 7) is 11.8. The quantitative estimate of drug-likeness (QED) is 0.172. The number of hydrogen-bond donors (Lipinski definition) is 0. The number of hydrogen-bond acceptors (Lipinski definition) is 12. The van der Waals surface area contributed by atoms with Gasteiger partial charge in [-0.15, -0.1) is 0 Å². The largest absolute Gasteiger partial charge is 0.475 e. The molecule has 3 saturated heterocycles. The van der Waals surface area contributed by atoms with Gasteiger partial charge in [0.1, 0.15) is 18.3 Å². The minimum absolute atomic E-state index is 0.000440. The van der Waals surface area contributed by atoms with Gasteiger partial charge in [0.15, 0.2) is 0 Å². The van der Waals surface area contributed by atoms with Crippen LogP contribution in [0.2, 0.25) is 0 Å². The van der Waals surface area contributed by atoms with Crippen molar-refractivity contribution in [2.45, 2.75) is 135 Å². The Hall–Kier alpha value is 0.0600. The molecule has 0 aliphatic carbocycles. The summed E-state index contributed by atoms with van der Waals surface area (Å²) < 4.78 is 85.3. The number of methoxy groups -OCH3 is 1. The van der Waals surface area contributed by atoms with Gasteiger partial charge in [-0.3, -0.25) is 27.1 Å². The third kappa shape index (κ3) is 10.1. The van der Waals surface area contributed by atoms with Crippen molar-refractivity contribution in [3.05, 3.63) is 0 Å². The standard InChI is InChI=1S/C26H50O12P2/c1-8-11-30-39(27,37-23-14-19(5)34-21(23)10-3)33-17-26-24(15-20(6)36-26)38-40(28,31-12-9-2)32-16-25-22(29-7)13-18(4)35-25/h18-26H,8-17H2,1-7H3.